The van der Waals surface area contributed by atoms with Crippen LogP contribution in [0, 0.1) is 29.5 Å². The standard InChI is InChI=1S/C33H36FN3O7/c1-36(2)27-21-14-17-13-20-19(16-6-8-22(34)18(12-16)15-37-10-4-3-5-11-37)7-9-23(38)25(20)28(39)24(17)30(41)33(21,44)31(42)26(29(27)40)32(35)43/h6-9,12,17,21,24,26-27,38,44H,3-5,10-11,13-15H2,1-2H3,(H2,35,43)/t17-,21-,24?,26?,27-,33-/m0/s1. The van der Waals surface area contributed by atoms with E-state index in [4.69, 9.17) is 5.73 Å². The lowest BCUT2D eigenvalue weighted by Crippen LogP contribution is -2.74. The maximum Gasteiger partial charge on any atom is 0.235 e. The zero-order chi connectivity index (χ0) is 31.7. The number of phenols is 1. The number of ketones is 4. The highest BCUT2D eigenvalue weighted by Crippen LogP contribution is 2.51. The van der Waals surface area contributed by atoms with Gasteiger partial charge in [0.25, 0.3) is 0 Å². The first-order chi connectivity index (χ1) is 20.9. The van der Waals surface area contributed by atoms with Gasteiger partial charge in [0.2, 0.25) is 5.91 Å². The molecule has 2 unspecified atom stereocenters. The molecule has 3 fully saturated rings. The number of hydrogen-bond acceptors (Lipinski definition) is 9. The molecule has 0 bridgehead atoms. The number of aromatic hydroxyl groups is 1. The molecule has 11 heteroatoms. The molecule has 0 aromatic heterocycles. The Morgan fingerprint density at radius 2 is 1.77 bits per heavy atom. The molecule has 232 valence electrons. The molecule has 4 N–H and O–H groups in total. The molecule has 44 heavy (non-hydrogen) atoms. The van der Waals surface area contributed by atoms with Crippen LogP contribution in [0.25, 0.3) is 11.1 Å². The summed E-state index contributed by atoms with van der Waals surface area (Å²) in [5, 5.41) is 22.6. The lowest BCUT2D eigenvalue weighted by Gasteiger charge is -2.52. The highest BCUT2D eigenvalue weighted by molar-refractivity contribution is 6.32. The summed E-state index contributed by atoms with van der Waals surface area (Å²) >= 11 is 0. The van der Waals surface area contributed by atoms with Gasteiger partial charge in [-0.15, -0.1) is 0 Å². The summed E-state index contributed by atoms with van der Waals surface area (Å²) in [6, 6.07) is 6.60. The highest BCUT2D eigenvalue weighted by atomic mass is 19.1. The molecule has 6 rings (SSSR count). The quantitative estimate of drug-likeness (QED) is 0.431. The second-order valence-electron chi connectivity index (χ2n) is 12.9. The van der Waals surface area contributed by atoms with Crippen molar-refractivity contribution in [2.75, 3.05) is 27.2 Å². The number of fused-ring (bicyclic) bond motifs is 3. The second kappa shape index (κ2) is 11.0. The van der Waals surface area contributed by atoms with Crippen molar-refractivity contribution in [3.05, 3.63) is 52.8 Å². The third-order valence-corrected chi connectivity index (χ3v) is 10.1. The number of rotatable bonds is 5. The fourth-order valence-electron chi connectivity index (χ4n) is 8.10. The molecular formula is C33H36FN3O7. The minimum atomic E-state index is -2.77. The number of likely N-dealkylation sites (N-methyl/N-ethyl adjacent to an activating group) is 1. The fraction of sp³-hybridized carbons (Fsp3) is 0.485. The van der Waals surface area contributed by atoms with E-state index in [1.807, 2.05) is 0 Å². The summed E-state index contributed by atoms with van der Waals surface area (Å²) in [5.74, 6) is -11.3. The Morgan fingerprint density at radius 1 is 1.07 bits per heavy atom. The third kappa shape index (κ3) is 4.52. The molecule has 2 aromatic rings. The number of carbonyl (C=O) groups excluding carboxylic acids is 5. The van der Waals surface area contributed by atoms with E-state index in [0.717, 1.165) is 32.4 Å². The molecule has 1 aliphatic heterocycles. The van der Waals surface area contributed by atoms with E-state index in [2.05, 4.69) is 4.90 Å². The number of carbonyl (C=O) groups is 5. The number of benzene rings is 2. The fourth-order valence-corrected chi connectivity index (χ4v) is 8.10. The topological polar surface area (TPSA) is 158 Å². The van der Waals surface area contributed by atoms with E-state index in [-0.39, 0.29) is 30.0 Å². The van der Waals surface area contributed by atoms with Crippen molar-refractivity contribution in [1.82, 2.24) is 9.80 Å². The largest absolute Gasteiger partial charge is 0.507 e. The van der Waals surface area contributed by atoms with Gasteiger partial charge in [0, 0.05) is 18.0 Å². The Balaban J connectivity index is 1.42. The lowest BCUT2D eigenvalue weighted by atomic mass is 9.52. The number of hydrogen-bond donors (Lipinski definition) is 3. The van der Waals surface area contributed by atoms with Gasteiger partial charge in [0.05, 0.1) is 17.5 Å². The molecular weight excluding hydrogens is 569 g/mol. The Labute approximate surface area is 254 Å². The van der Waals surface area contributed by atoms with Crippen molar-refractivity contribution in [2.24, 2.45) is 29.4 Å². The molecule has 0 radical (unpaired) electrons. The minimum absolute atomic E-state index is 0.0391. The van der Waals surface area contributed by atoms with Gasteiger partial charge in [-0.3, -0.25) is 33.8 Å². The number of halogens is 1. The number of nitrogens with two attached hydrogens (primary N) is 1. The minimum Gasteiger partial charge on any atom is -0.507 e. The normalized spacial score (nSPS) is 30.6. The van der Waals surface area contributed by atoms with Gasteiger partial charge >= 0.3 is 0 Å². The van der Waals surface area contributed by atoms with Crippen LogP contribution in [0.3, 0.4) is 0 Å². The summed E-state index contributed by atoms with van der Waals surface area (Å²) in [4.78, 5) is 70.6. The first kappa shape index (κ1) is 30.2. The van der Waals surface area contributed by atoms with Crippen LogP contribution in [0.15, 0.2) is 30.3 Å². The zero-order valence-corrected chi connectivity index (χ0v) is 24.7. The van der Waals surface area contributed by atoms with Crippen LogP contribution < -0.4 is 5.73 Å². The number of likely N-dealkylation sites (tertiary alicyclic amines) is 1. The van der Waals surface area contributed by atoms with Crippen LogP contribution in [0.2, 0.25) is 0 Å². The van der Waals surface area contributed by atoms with Crippen molar-refractivity contribution in [3.63, 3.8) is 0 Å². The van der Waals surface area contributed by atoms with Gasteiger partial charge in [-0.2, -0.15) is 0 Å². The zero-order valence-electron chi connectivity index (χ0n) is 24.7. The van der Waals surface area contributed by atoms with Crippen LogP contribution in [-0.2, 0) is 32.1 Å². The van der Waals surface area contributed by atoms with Crippen molar-refractivity contribution in [1.29, 1.82) is 0 Å². The molecule has 0 spiro atoms. The maximum absolute atomic E-state index is 14.9. The summed E-state index contributed by atoms with van der Waals surface area (Å²) in [6.07, 6.45) is 3.36. The molecule has 1 saturated heterocycles. The van der Waals surface area contributed by atoms with Gasteiger partial charge in [-0.25, -0.2) is 4.39 Å². The van der Waals surface area contributed by atoms with Crippen molar-refractivity contribution in [3.8, 4) is 16.9 Å². The number of phenolic OH excluding ortho intramolecular Hbond substituents is 1. The Morgan fingerprint density at radius 3 is 2.43 bits per heavy atom. The smallest absolute Gasteiger partial charge is 0.235 e. The Hall–Kier alpha value is -3.80. The summed E-state index contributed by atoms with van der Waals surface area (Å²) in [6.45, 7) is 2.21. The van der Waals surface area contributed by atoms with Crippen LogP contribution in [-0.4, -0.2) is 87.9 Å². The number of aliphatic hydroxyl groups is 1. The van der Waals surface area contributed by atoms with Gasteiger partial charge in [-0.1, -0.05) is 18.6 Å². The van der Waals surface area contributed by atoms with Crippen LogP contribution in [0.1, 0.15) is 47.2 Å². The molecule has 2 saturated carbocycles. The molecule has 10 nitrogen and oxygen atoms in total. The molecule has 2 aromatic carbocycles. The predicted octanol–water partition coefficient (Wildman–Crippen LogP) is 1.66. The average Bonchev–Trinajstić information content (AvgIpc) is 2.96. The number of nitrogens with zero attached hydrogens (tertiary/aromatic N) is 2. The van der Waals surface area contributed by atoms with Crippen molar-refractivity contribution < 1.29 is 38.6 Å². The second-order valence-corrected chi connectivity index (χ2v) is 12.9. The number of primary amides is 1. The third-order valence-electron chi connectivity index (χ3n) is 10.1. The Bertz CT molecular complexity index is 1600. The van der Waals surface area contributed by atoms with E-state index in [9.17, 15) is 38.6 Å². The summed E-state index contributed by atoms with van der Waals surface area (Å²) < 4.78 is 14.9. The van der Waals surface area contributed by atoms with E-state index < -0.39 is 64.4 Å². The number of amides is 1. The van der Waals surface area contributed by atoms with Crippen LogP contribution >= 0.6 is 0 Å². The first-order valence-electron chi connectivity index (χ1n) is 15.1. The van der Waals surface area contributed by atoms with Crippen molar-refractivity contribution in [2.45, 2.75) is 50.3 Å². The van der Waals surface area contributed by atoms with Crippen LogP contribution in [0.5, 0.6) is 5.75 Å². The molecule has 4 aliphatic rings. The van der Waals surface area contributed by atoms with E-state index in [1.54, 1.807) is 32.3 Å². The average molecular weight is 606 g/mol. The molecule has 3 aliphatic carbocycles. The molecule has 1 amide bonds. The maximum atomic E-state index is 14.9. The van der Waals surface area contributed by atoms with Gasteiger partial charge in [0.1, 0.15) is 11.6 Å². The first-order valence-corrected chi connectivity index (χ1v) is 15.1. The monoisotopic (exact) mass is 605 g/mol. The lowest BCUT2D eigenvalue weighted by molar-refractivity contribution is -0.181. The van der Waals surface area contributed by atoms with E-state index >= 15 is 0 Å². The van der Waals surface area contributed by atoms with Gasteiger partial charge < -0.3 is 15.9 Å². The highest BCUT2D eigenvalue weighted by Gasteiger charge is 2.69. The molecule has 6 atom stereocenters. The van der Waals surface area contributed by atoms with E-state index in [0.29, 0.717) is 28.8 Å². The summed E-state index contributed by atoms with van der Waals surface area (Å²) in [7, 11) is 3.09. The Kier molecular flexibility index (Phi) is 7.54. The number of piperidine rings is 1. The van der Waals surface area contributed by atoms with Crippen LogP contribution in [0.4, 0.5) is 4.39 Å². The van der Waals surface area contributed by atoms with Gasteiger partial charge in [-0.05, 0) is 93.7 Å². The predicted molar refractivity (Wildman–Crippen MR) is 156 cm³/mol. The van der Waals surface area contributed by atoms with Gasteiger partial charge in [0.15, 0.2) is 34.7 Å². The van der Waals surface area contributed by atoms with E-state index in [1.165, 1.54) is 17.0 Å². The number of Topliss-reactive ketones (excluding diaryl/α,β-unsaturated/α-hetero) is 4. The summed E-state index contributed by atoms with van der Waals surface area (Å²) in [5.41, 5.74) is 4.77. The molecule has 1 heterocycles. The SMILES string of the molecule is CN(C)[C@@H]1C(=O)C(C(N)=O)C(=O)[C@@]2(O)C(=O)C3C(=O)c4c(O)ccc(-c5ccc(F)c(CN6CCCCC6)c5)c4C[C@H]3C[C@@H]12. The van der Waals surface area contributed by atoms with Crippen molar-refractivity contribution >= 4 is 29.0 Å².